The minimum absolute atomic E-state index is 0.114. The van der Waals surface area contributed by atoms with E-state index in [0.717, 1.165) is 12.5 Å². The molecule has 0 aliphatic heterocycles. The summed E-state index contributed by atoms with van der Waals surface area (Å²) in [4.78, 5) is 22.8. The lowest BCUT2D eigenvalue weighted by molar-refractivity contribution is -0.385. The Kier molecular flexibility index (Phi) is 9.60. The topological polar surface area (TPSA) is 112 Å². The van der Waals surface area contributed by atoms with Crippen LogP contribution >= 0.6 is 23.2 Å². The molecular weight excluding hydrogens is 566 g/mol. The van der Waals surface area contributed by atoms with E-state index in [1.54, 1.807) is 12.1 Å². The first kappa shape index (κ1) is 29.5. The van der Waals surface area contributed by atoms with Crippen molar-refractivity contribution >= 4 is 41.0 Å². The molecule has 3 rings (SSSR count). The summed E-state index contributed by atoms with van der Waals surface area (Å²) in [6, 6.07) is 9.09. The number of amides is 1. The van der Waals surface area contributed by atoms with Crippen LogP contribution in [-0.4, -0.2) is 30.8 Å². The van der Waals surface area contributed by atoms with E-state index in [2.05, 4.69) is 10.5 Å². The molecule has 0 atom stereocenters. The summed E-state index contributed by atoms with van der Waals surface area (Å²) < 4.78 is 55.1. The maximum absolute atomic E-state index is 12.9. The summed E-state index contributed by atoms with van der Waals surface area (Å²) in [6.07, 6.45) is -2.75. The van der Waals surface area contributed by atoms with Gasteiger partial charge in [0.15, 0.2) is 17.2 Å². The number of hydrogen-bond acceptors (Lipinski definition) is 7. The first-order valence-corrected chi connectivity index (χ1v) is 11.9. The second kappa shape index (κ2) is 12.7. The van der Waals surface area contributed by atoms with Gasteiger partial charge in [0.25, 0.3) is 5.91 Å². The van der Waals surface area contributed by atoms with Crippen LogP contribution in [0.4, 0.5) is 18.9 Å². The van der Waals surface area contributed by atoms with Crippen LogP contribution in [-0.2, 0) is 6.18 Å². The van der Waals surface area contributed by atoms with Gasteiger partial charge >= 0.3 is 11.9 Å². The van der Waals surface area contributed by atoms with Crippen LogP contribution in [0.2, 0.25) is 10.0 Å². The van der Waals surface area contributed by atoms with Crippen LogP contribution < -0.4 is 19.6 Å². The van der Waals surface area contributed by atoms with Crippen LogP contribution in [0.15, 0.2) is 53.6 Å². The minimum atomic E-state index is -4.78. The Labute approximate surface area is 230 Å². The maximum atomic E-state index is 12.9. The van der Waals surface area contributed by atoms with E-state index < -0.39 is 34.0 Å². The molecule has 3 aromatic carbocycles. The SMILES string of the molecule is CCCOc1ccc(C(=O)N/N=C/c2cc(Cl)c(Oc3ccc(C(F)(F)F)cc3[N+](=O)[O-])c(Cl)c2)cc1OC. The number of carbonyl (C=O) groups excluding carboxylic acids is 1. The van der Waals surface area contributed by atoms with Crippen molar-refractivity contribution in [1.82, 2.24) is 5.43 Å². The molecule has 0 radical (unpaired) electrons. The highest BCUT2D eigenvalue weighted by Gasteiger charge is 2.33. The molecule has 0 aromatic heterocycles. The van der Waals surface area contributed by atoms with Crippen molar-refractivity contribution in [3.05, 3.63) is 85.4 Å². The Bertz CT molecular complexity index is 1390. The van der Waals surface area contributed by atoms with Crippen molar-refractivity contribution in [3.63, 3.8) is 0 Å². The Hall–Kier alpha value is -4.03. The molecule has 0 bridgehead atoms. The zero-order valence-corrected chi connectivity index (χ0v) is 21.9. The van der Waals surface area contributed by atoms with Gasteiger partial charge in [0, 0.05) is 11.6 Å². The predicted molar refractivity (Wildman–Crippen MR) is 138 cm³/mol. The van der Waals surface area contributed by atoms with Crippen molar-refractivity contribution in [2.75, 3.05) is 13.7 Å². The molecule has 0 unspecified atom stereocenters. The van der Waals surface area contributed by atoms with Gasteiger partial charge in [-0.25, -0.2) is 5.43 Å². The number of benzene rings is 3. The Morgan fingerprint density at radius 1 is 1.08 bits per heavy atom. The lowest BCUT2D eigenvalue weighted by atomic mass is 10.2. The highest BCUT2D eigenvalue weighted by molar-refractivity contribution is 6.37. The van der Waals surface area contributed by atoms with E-state index in [4.69, 9.17) is 37.4 Å². The third kappa shape index (κ3) is 7.52. The second-order valence-electron chi connectivity index (χ2n) is 7.77. The first-order chi connectivity index (χ1) is 18.4. The fraction of sp³-hybridized carbons (Fsp3) is 0.200. The van der Waals surface area contributed by atoms with Gasteiger partial charge in [0.05, 0.1) is 40.5 Å². The summed E-state index contributed by atoms with van der Waals surface area (Å²) in [6.45, 7) is 2.45. The van der Waals surface area contributed by atoms with Crippen LogP contribution in [0.1, 0.15) is 34.8 Å². The minimum Gasteiger partial charge on any atom is -0.493 e. The molecule has 0 aliphatic rings. The standard InChI is InChI=1S/C25H20Cl2F3N3O6/c1-3-8-38-21-6-4-15(11-22(21)37-2)24(34)32-31-13-14-9-17(26)23(18(27)10-14)39-20-7-5-16(25(28,29)30)12-19(20)33(35)36/h4-7,9-13H,3,8H2,1-2H3,(H,32,34)/b31-13+. The molecule has 0 saturated carbocycles. The zero-order chi connectivity index (χ0) is 28.7. The number of nitrogens with zero attached hydrogens (tertiary/aromatic N) is 2. The molecule has 0 heterocycles. The molecule has 0 fully saturated rings. The second-order valence-corrected chi connectivity index (χ2v) is 8.58. The van der Waals surface area contributed by atoms with Crippen LogP contribution in [0.25, 0.3) is 0 Å². The van der Waals surface area contributed by atoms with Crippen molar-refractivity contribution in [3.8, 4) is 23.0 Å². The Morgan fingerprint density at radius 2 is 1.74 bits per heavy atom. The van der Waals surface area contributed by atoms with E-state index in [-0.39, 0.29) is 21.4 Å². The van der Waals surface area contributed by atoms with Crippen molar-refractivity contribution < 1.29 is 37.1 Å². The van der Waals surface area contributed by atoms with Gasteiger partial charge in [0.2, 0.25) is 5.75 Å². The number of nitro groups is 1. The van der Waals surface area contributed by atoms with E-state index in [1.165, 1.54) is 31.5 Å². The third-order valence-corrected chi connectivity index (χ3v) is 5.54. The molecule has 1 N–H and O–H groups in total. The van der Waals surface area contributed by atoms with Crippen molar-refractivity contribution in [2.45, 2.75) is 19.5 Å². The van der Waals surface area contributed by atoms with Gasteiger partial charge < -0.3 is 14.2 Å². The van der Waals surface area contributed by atoms with Crippen molar-refractivity contribution in [1.29, 1.82) is 0 Å². The van der Waals surface area contributed by atoms with Gasteiger partial charge in [0.1, 0.15) is 0 Å². The molecule has 39 heavy (non-hydrogen) atoms. The molecule has 0 aliphatic carbocycles. The molecule has 14 heteroatoms. The number of nitrogens with one attached hydrogen (secondary N) is 1. The summed E-state index contributed by atoms with van der Waals surface area (Å²) in [7, 11) is 1.45. The quantitative estimate of drug-likeness (QED) is 0.152. The van der Waals surface area contributed by atoms with Gasteiger partial charge in [-0.3, -0.25) is 14.9 Å². The number of ether oxygens (including phenoxy) is 3. The van der Waals surface area contributed by atoms with E-state index in [0.29, 0.717) is 35.8 Å². The van der Waals surface area contributed by atoms with Gasteiger partial charge in [-0.1, -0.05) is 30.1 Å². The van der Waals surface area contributed by atoms with E-state index in [9.17, 15) is 28.1 Å². The number of hydrogen-bond donors (Lipinski definition) is 1. The molecule has 9 nitrogen and oxygen atoms in total. The fourth-order valence-electron chi connectivity index (χ4n) is 3.15. The maximum Gasteiger partial charge on any atom is 0.416 e. The number of nitro benzene ring substituents is 1. The number of methoxy groups -OCH3 is 1. The molecule has 1 amide bonds. The first-order valence-electron chi connectivity index (χ1n) is 11.1. The number of halogens is 5. The van der Waals surface area contributed by atoms with E-state index >= 15 is 0 Å². The van der Waals surface area contributed by atoms with Gasteiger partial charge in [-0.2, -0.15) is 18.3 Å². The fourth-order valence-corrected chi connectivity index (χ4v) is 3.74. The predicted octanol–water partition coefficient (Wildman–Crippen LogP) is 7.27. The average molecular weight is 586 g/mol. The van der Waals surface area contributed by atoms with Crippen molar-refractivity contribution in [2.24, 2.45) is 5.10 Å². The lowest BCUT2D eigenvalue weighted by Crippen LogP contribution is -2.17. The lowest BCUT2D eigenvalue weighted by Gasteiger charge is -2.12. The molecule has 206 valence electrons. The molecule has 0 saturated heterocycles. The number of hydrazone groups is 1. The summed E-state index contributed by atoms with van der Waals surface area (Å²) in [5, 5.41) is 14.9. The summed E-state index contributed by atoms with van der Waals surface area (Å²) >= 11 is 12.4. The average Bonchev–Trinajstić information content (AvgIpc) is 2.88. The van der Waals surface area contributed by atoms with Crippen LogP contribution in [0, 0.1) is 10.1 Å². The smallest absolute Gasteiger partial charge is 0.416 e. The summed E-state index contributed by atoms with van der Waals surface area (Å²) in [5.41, 5.74) is 0.777. The highest BCUT2D eigenvalue weighted by atomic mass is 35.5. The van der Waals surface area contributed by atoms with Gasteiger partial charge in [-0.15, -0.1) is 0 Å². The number of carbonyl (C=O) groups is 1. The normalized spacial score (nSPS) is 11.4. The summed E-state index contributed by atoms with van der Waals surface area (Å²) in [5.74, 6) is -0.389. The van der Waals surface area contributed by atoms with Crippen LogP contribution in [0.3, 0.4) is 0 Å². The zero-order valence-electron chi connectivity index (χ0n) is 20.3. The molecule has 0 spiro atoms. The third-order valence-electron chi connectivity index (χ3n) is 4.98. The Balaban J connectivity index is 1.75. The Morgan fingerprint density at radius 3 is 2.33 bits per heavy atom. The monoisotopic (exact) mass is 585 g/mol. The van der Waals surface area contributed by atoms with Gasteiger partial charge in [-0.05, 0) is 54.4 Å². The van der Waals surface area contributed by atoms with E-state index in [1.807, 2.05) is 6.92 Å². The number of alkyl halides is 3. The molecular formula is C25H20Cl2F3N3O6. The largest absolute Gasteiger partial charge is 0.493 e. The highest BCUT2D eigenvalue weighted by Crippen LogP contribution is 2.42. The molecule has 3 aromatic rings. The number of rotatable bonds is 10. The van der Waals surface area contributed by atoms with Crippen LogP contribution in [0.5, 0.6) is 23.0 Å².